The van der Waals surface area contributed by atoms with Crippen molar-refractivity contribution in [3.63, 3.8) is 0 Å². The fraction of sp³-hybridized carbons (Fsp3) is 0.391. The summed E-state index contributed by atoms with van der Waals surface area (Å²) in [5.41, 5.74) is 3.17. The van der Waals surface area contributed by atoms with Crippen LogP contribution in [0.4, 0.5) is 0 Å². The fourth-order valence-corrected chi connectivity index (χ4v) is 5.25. The summed E-state index contributed by atoms with van der Waals surface area (Å²) in [6.07, 6.45) is 2.02. The highest BCUT2D eigenvalue weighted by atomic mass is 32.2. The highest BCUT2D eigenvalue weighted by Crippen LogP contribution is 2.46. The number of amides is 2. The lowest BCUT2D eigenvalue weighted by Crippen LogP contribution is -2.36. The lowest BCUT2D eigenvalue weighted by molar-refractivity contribution is -0.130. The molecule has 2 aromatic carbocycles. The summed E-state index contributed by atoms with van der Waals surface area (Å²) in [6.45, 7) is 5.92. The van der Waals surface area contributed by atoms with Gasteiger partial charge < -0.3 is 9.80 Å². The maximum absolute atomic E-state index is 13.1. The van der Waals surface area contributed by atoms with Gasteiger partial charge in [0.15, 0.2) is 0 Å². The van der Waals surface area contributed by atoms with Crippen molar-refractivity contribution in [1.29, 1.82) is 0 Å². The largest absolute Gasteiger partial charge is 0.338 e. The molecule has 28 heavy (non-hydrogen) atoms. The average Bonchev–Trinajstić information content (AvgIpc) is 3.26. The van der Waals surface area contributed by atoms with Gasteiger partial charge in [-0.15, -0.1) is 11.8 Å². The van der Waals surface area contributed by atoms with Crippen LogP contribution in [0.25, 0.3) is 0 Å². The van der Waals surface area contributed by atoms with Gasteiger partial charge in [0, 0.05) is 48.9 Å². The molecule has 5 heteroatoms. The Balaban J connectivity index is 1.60. The van der Waals surface area contributed by atoms with Crippen LogP contribution in [-0.4, -0.2) is 47.5 Å². The zero-order valence-electron chi connectivity index (χ0n) is 16.6. The second-order valence-corrected chi connectivity index (χ2v) is 8.72. The van der Waals surface area contributed by atoms with Crippen LogP contribution in [0, 0.1) is 18.8 Å². The van der Waals surface area contributed by atoms with Crippen molar-refractivity contribution in [3.05, 3.63) is 65.2 Å². The molecule has 0 aliphatic carbocycles. The quantitative estimate of drug-likeness (QED) is 0.739. The van der Waals surface area contributed by atoms with E-state index in [0.717, 1.165) is 23.5 Å². The van der Waals surface area contributed by atoms with Crippen LogP contribution in [0.5, 0.6) is 0 Å². The van der Waals surface area contributed by atoms with Crippen LogP contribution in [0.3, 0.4) is 0 Å². The van der Waals surface area contributed by atoms with Gasteiger partial charge in [0.2, 0.25) is 5.91 Å². The first-order chi connectivity index (χ1) is 13.5. The molecule has 3 atom stereocenters. The number of rotatable bonds is 3. The monoisotopic (exact) mass is 394 g/mol. The predicted octanol–water partition coefficient (Wildman–Crippen LogP) is 4.01. The second kappa shape index (κ2) is 7.63. The van der Waals surface area contributed by atoms with Gasteiger partial charge in [-0.25, -0.2) is 0 Å². The summed E-state index contributed by atoms with van der Waals surface area (Å²) in [4.78, 5) is 30.5. The van der Waals surface area contributed by atoms with Crippen LogP contribution >= 0.6 is 11.8 Å². The lowest BCUT2D eigenvalue weighted by Gasteiger charge is -2.30. The first-order valence-corrected chi connectivity index (χ1v) is 11.0. The molecule has 0 unspecified atom stereocenters. The molecule has 2 heterocycles. The molecule has 2 amide bonds. The third kappa shape index (κ3) is 3.32. The molecule has 2 aromatic rings. The molecule has 4 rings (SSSR count). The third-order valence-electron chi connectivity index (χ3n) is 6.18. The zero-order valence-corrected chi connectivity index (χ0v) is 17.4. The molecule has 0 bridgehead atoms. The summed E-state index contributed by atoms with van der Waals surface area (Å²) >= 11 is 1.65. The second-order valence-electron chi connectivity index (χ2n) is 7.84. The molecular formula is C23H26N2O2S. The van der Waals surface area contributed by atoms with Gasteiger partial charge in [-0.3, -0.25) is 9.59 Å². The number of carbonyl (C=O) groups excluding carboxylic acids is 2. The van der Waals surface area contributed by atoms with Gasteiger partial charge in [0.1, 0.15) is 0 Å². The first kappa shape index (κ1) is 19.1. The van der Waals surface area contributed by atoms with Gasteiger partial charge >= 0.3 is 0 Å². The Morgan fingerprint density at radius 2 is 1.82 bits per heavy atom. The smallest absolute Gasteiger partial charge is 0.253 e. The van der Waals surface area contributed by atoms with Gasteiger partial charge in [0.05, 0.1) is 6.04 Å². The number of likely N-dealkylation sites (tertiary alicyclic amines) is 2. The third-order valence-corrected chi connectivity index (χ3v) is 6.90. The topological polar surface area (TPSA) is 40.6 Å². The van der Waals surface area contributed by atoms with E-state index in [4.69, 9.17) is 0 Å². The van der Waals surface area contributed by atoms with Crippen LogP contribution in [0.2, 0.25) is 0 Å². The number of hydrogen-bond donors (Lipinski definition) is 0. The van der Waals surface area contributed by atoms with Crippen LogP contribution in [0.15, 0.2) is 53.4 Å². The number of thioether (sulfide) groups is 1. The minimum atomic E-state index is 0.0547. The van der Waals surface area contributed by atoms with E-state index in [2.05, 4.69) is 19.1 Å². The van der Waals surface area contributed by atoms with E-state index >= 15 is 0 Å². The number of fused-ring (bicyclic) bond motifs is 1. The van der Waals surface area contributed by atoms with Crippen LogP contribution in [0.1, 0.15) is 34.5 Å². The molecule has 2 fully saturated rings. The predicted molar refractivity (Wildman–Crippen MR) is 112 cm³/mol. The summed E-state index contributed by atoms with van der Waals surface area (Å²) in [5.74, 6) is 0.843. The number of nitrogens with zero attached hydrogens (tertiary/aromatic N) is 2. The zero-order chi connectivity index (χ0) is 19.8. The lowest BCUT2D eigenvalue weighted by atomic mass is 9.87. The molecule has 146 valence electrons. The van der Waals surface area contributed by atoms with E-state index in [9.17, 15) is 9.59 Å². The van der Waals surface area contributed by atoms with Crippen molar-refractivity contribution >= 4 is 23.6 Å². The van der Waals surface area contributed by atoms with Crippen molar-refractivity contribution in [2.24, 2.45) is 11.8 Å². The molecule has 0 N–H and O–H groups in total. The van der Waals surface area contributed by atoms with Gasteiger partial charge in [-0.2, -0.15) is 0 Å². The van der Waals surface area contributed by atoms with Crippen LogP contribution < -0.4 is 0 Å². The molecule has 2 aliphatic heterocycles. The SMILES string of the molecule is CSc1cccc(C(=O)N2C[C@@H]3CN(C(C)=O)[C@H](c4ccccc4C)[C@@H]3C2)c1. The Bertz CT molecular complexity index is 913. The summed E-state index contributed by atoms with van der Waals surface area (Å²) in [5, 5.41) is 0. The van der Waals surface area contributed by atoms with E-state index in [0.29, 0.717) is 12.5 Å². The van der Waals surface area contributed by atoms with E-state index in [-0.39, 0.29) is 23.8 Å². The summed E-state index contributed by atoms with van der Waals surface area (Å²) in [7, 11) is 0. The van der Waals surface area contributed by atoms with Gasteiger partial charge in [-0.05, 0) is 42.5 Å². The first-order valence-electron chi connectivity index (χ1n) is 9.75. The molecule has 0 aromatic heterocycles. The highest BCUT2D eigenvalue weighted by Gasteiger charge is 2.49. The summed E-state index contributed by atoms with van der Waals surface area (Å²) < 4.78 is 0. The Kier molecular flexibility index (Phi) is 5.19. The van der Waals surface area contributed by atoms with Gasteiger partial charge in [-0.1, -0.05) is 30.3 Å². The molecule has 4 nitrogen and oxygen atoms in total. The molecule has 2 saturated heterocycles. The number of benzene rings is 2. The van der Waals surface area contributed by atoms with E-state index in [1.165, 1.54) is 11.1 Å². The minimum absolute atomic E-state index is 0.0547. The number of aryl methyl sites for hydroxylation is 1. The van der Waals surface area contributed by atoms with Crippen molar-refractivity contribution in [2.45, 2.75) is 24.8 Å². The molecule has 0 spiro atoms. The number of carbonyl (C=O) groups is 2. The highest BCUT2D eigenvalue weighted by molar-refractivity contribution is 7.98. The van der Waals surface area contributed by atoms with Gasteiger partial charge in [0.25, 0.3) is 5.91 Å². The molecule has 0 radical (unpaired) electrons. The Morgan fingerprint density at radius 1 is 1.04 bits per heavy atom. The fourth-order valence-electron chi connectivity index (χ4n) is 4.79. The average molecular weight is 395 g/mol. The maximum atomic E-state index is 13.1. The Morgan fingerprint density at radius 3 is 2.54 bits per heavy atom. The van der Waals surface area contributed by atoms with Crippen LogP contribution in [-0.2, 0) is 4.79 Å². The van der Waals surface area contributed by atoms with Crippen molar-refractivity contribution in [2.75, 3.05) is 25.9 Å². The Hall–Kier alpha value is -2.27. The Labute approximate surface area is 170 Å². The standard InChI is InChI=1S/C23H26N2O2S/c1-15-7-4-5-10-20(15)22-21-14-24(12-18(21)13-25(22)16(2)26)23(27)17-8-6-9-19(11-17)28-3/h4-11,18,21-22H,12-14H2,1-3H3/t18-,21-,22-/m1/s1. The molecular weight excluding hydrogens is 368 g/mol. The van der Waals surface area contributed by atoms with Crippen molar-refractivity contribution in [3.8, 4) is 0 Å². The summed E-state index contributed by atoms with van der Waals surface area (Å²) in [6, 6.07) is 16.2. The number of hydrogen-bond acceptors (Lipinski definition) is 3. The minimum Gasteiger partial charge on any atom is -0.338 e. The van der Waals surface area contributed by atoms with E-state index < -0.39 is 0 Å². The van der Waals surface area contributed by atoms with Crippen molar-refractivity contribution in [1.82, 2.24) is 9.80 Å². The molecule has 0 saturated carbocycles. The maximum Gasteiger partial charge on any atom is 0.253 e. The van der Waals surface area contributed by atoms with Crippen molar-refractivity contribution < 1.29 is 9.59 Å². The van der Waals surface area contributed by atoms with E-state index in [1.807, 2.05) is 52.5 Å². The normalized spacial score (nSPS) is 23.8. The molecule has 2 aliphatic rings. The van der Waals surface area contributed by atoms with E-state index in [1.54, 1.807) is 18.7 Å².